The van der Waals surface area contributed by atoms with Gasteiger partial charge in [0, 0.05) is 5.69 Å². The number of aromatic nitrogens is 2. The van der Waals surface area contributed by atoms with Crippen LogP contribution in [0.3, 0.4) is 0 Å². The smallest absolute Gasteiger partial charge is 0.200 e. The van der Waals surface area contributed by atoms with Crippen LogP contribution >= 0.6 is 0 Å². The topological polar surface area (TPSA) is 53.1 Å². The number of rotatable bonds is 4. The summed E-state index contributed by atoms with van der Waals surface area (Å²) in [6.45, 7) is 6.75. The molecule has 96 valence electrons. The fourth-order valence-electron chi connectivity index (χ4n) is 1.86. The molecule has 0 aliphatic rings. The van der Waals surface area contributed by atoms with E-state index in [0.29, 0.717) is 12.5 Å². The van der Waals surface area contributed by atoms with E-state index < -0.39 is 0 Å². The molecule has 2 aromatic rings. The zero-order valence-electron chi connectivity index (χ0n) is 11.1. The predicted molar refractivity (Wildman–Crippen MR) is 72.7 cm³/mol. The molecule has 18 heavy (non-hydrogen) atoms. The quantitative estimate of drug-likeness (QED) is 0.900. The molecule has 0 bridgehead atoms. The van der Waals surface area contributed by atoms with Crippen molar-refractivity contribution < 1.29 is 4.74 Å². The number of imidazole rings is 1. The van der Waals surface area contributed by atoms with Crippen molar-refractivity contribution in [2.75, 3.05) is 5.73 Å². The number of nitrogens with two attached hydrogens (primary N) is 1. The average Bonchev–Trinajstić information content (AvgIpc) is 2.60. The molecule has 0 unspecified atom stereocenters. The van der Waals surface area contributed by atoms with Crippen molar-refractivity contribution in [1.29, 1.82) is 0 Å². The fourth-order valence-corrected chi connectivity index (χ4v) is 1.86. The van der Waals surface area contributed by atoms with Crippen LogP contribution < -0.4 is 10.5 Å². The van der Waals surface area contributed by atoms with Crippen molar-refractivity contribution in [1.82, 2.24) is 9.55 Å². The Morgan fingerprint density at radius 2 is 2.17 bits per heavy atom. The zero-order valence-corrected chi connectivity index (χ0v) is 11.1. The summed E-state index contributed by atoms with van der Waals surface area (Å²) in [4.78, 5) is 4.09. The first-order valence-electron chi connectivity index (χ1n) is 6.09. The van der Waals surface area contributed by atoms with Gasteiger partial charge in [0.1, 0.15) is 5.75 Å². The second kappa shape index (κ2) is 5.12. The summed E-state index contributed by atoms with van der Waals surface area (Å²) in [5.74, 6) is 1.43. The third-order valence-corrected chi connectivity index (χ3v) is 2.70. The minimum atomic E-state index is 0.181. The summed E-state index contributed by atoms with van der Waals surface area (Å²) in [6, 6.07) is 8.06. The van der Waals surface area contributed by atoms with Crippen molar-refractivity contribution in [3.8, 4) is 5.75 Å². The molecule has 0 fully saturated rings. The summed E-state index contributed by atoms with van der Waals surface area (Å²) in [5, 5.41) is 0. The standard InChI is InChI=1S/C14H19N3O/c1-10(2)18-13-6-4-5-12(7-13)9-17-11(3)8-16-14(17)15/h4-8,10H,9H2,1-3H3,(H2,15,16). The van der Waals surface area contributed by atoms with E-state index in [-0.39, 0.29) is 6.10 Å². The van der Waals surface area contributed by atoms with Crippen molar-refractivity contribution in [2.45, 2.75) is 33.4 Å². The monoisotopic (exact) mass is 245 g/mol. The SMILES string of the molecule is Cc1cnc(N)n1Cc1cccc(OC(C)C)c1. The van der Waals surface area contributed by atoms with Gasteiger partial charge in [-0.05, 0) is 38.5 Å². The molecule has 0 saturated heterocycles. The lowest BCUT2D eigenvalue weighted by molar-refractivity contribution is 0.242. The van der Waals surface area contributed by atoms with Crippen LogP contribution in [0.25, 0.3) is 0 Å². The molecule has 0 saturated carbocycles. The van der Waals surface area contributed by atoms with Gasteiger partial charge in [-0.2, -0.15) is 0 Å². The first kappa shape index (κ1) is 12.5. The summed E-state index contributed by atoms with van der Waals surface area (Å²) in [6.07, 6.45) is 1.96. The number of aryl methyl sites for hydroxylation is 1. The van der Waals surface area contributed by atoms with E-state index in [9.17, 15) is 0 Å². The number of nitrogen functional groups attached to an aromatic ring is 1. The third-order valence-electron chi connectivity index (χ3n) is 2.70. The molecule has 4 nitrogen and oxygen atoms in total. The highest BCUT2D eigenvalue weighted by molar-refractivity contribution is 5.31. The molecule has 1 aromatic carbocycles. The van der Waals surface area contributed by atoms with E-state index in [2.05, 4.69) is 11.1 Å². The Morgan fingerprint density at radius 1 is 1.39 bits per heavy atom. The molecule has 0 amide bonds. The molecule has 1 heterocycles. The lowest BCUT2D eigenvalue weighted by Gasteiger charge is -2.12. The number of hydrogen-bond donors (Lipinski definition) is 1. The molecule has 4 heteroatoms. The number of nitrogens with zero attached hydrogens (tertiary/aromatic N) is 2. The van der Waals surface area contributed by atoms with Gasteiger partial charge in [0.05, 0.1) is 18.8 Å². The van der Waals surface area contributed by atoms with Gasteiger partial charge in [-0.15, -0.1) is 0 Å². The minimum absolute atomic E-state index is 0.181. The van der Waals surface area contributed by atoms with Gasteiger partial charge in [0.15, 0.2) is 0 Å². The Labute approximate surface area is 107 Å². The molecule has 0 aliphatic carbocycles. The second-order valence-electron chi connectivity index (χ2n) is 4.66. The Bertz CT molecular complexity index is 512. The van der Waals surface area contributed by atoms with E-state index >= 15 is 0 Å². The van der Waals surface area contributed by atoms with Crippen molar-refractivity contribution >= 4 is 5.95 Å². The normalized spacial score (nSPS) is 10.9. The van der Waals surface area contributed by atoms with E-state index in [1.165, 1.54) is 0 Å². The number of anilines is 1. The van der Waals surface area contributed by atoms with Crippen LogP contribution in [-0.4, -0.2) is 15.7 Å². The Balaban J connectivity index is 2.19. The van der Waals surface area contributed by atoms with Gasteiger partial charge in [0.2, 0.25) is 5.95 Å². The summed E-state index contributed by atoms with van der Waals surface area (Å²) in [7, 11) is 0. The lowest BCUT2D eigenvalue weighted by atomic mass is 10.2. The molecular weight excluding hydrogens is 226 g/mol. The van der Waals surface area contributed by atoms with Crippen molar-refractivity contribution in [2.24, 2.45) is 0 Å². The predicted octanol–water partition coefficient (Wildman–Crippen LogP) is 2.61. The molecule has 0 aliphatic heterocycles. The fraction of sp³-hybridized carbons (Fsp3) is 0.357. The van der Waals surface area contributed by atoms with Crippen LogP contribution in [0.2, 0.25) is 0 Å². The molecule has 0 atom stereocenters. The number of ether oxygens (including phenoxy) is 1. The maximum absolute atomic E-state index is 5.83. The first-order chi connectivity index (χ1) is 8.56. The van der Waals surface area contributed by atoms with Gasteiger partial charge in [-0.25, -0.2) is 4.98 Å². The second-order valence-corrected chi connectivity index (χ2v) is 4.66. The van der Waals surface area contributed by atoms with Crippen molar-refractivity contribution in [3.05, 3.63) is 41.7 Å². The number of benzene rings is 1. The highest BCUT2D eigenvalue weighted by Gasteiger charge is 2.05. The van der Waals surface area contributed by atoms with Gasteiger partial charge >= 0.3 is 0 Å². The molecule has 0 radical (unpaired) electrons. The van der Waals surface area contributed by atoms with Gasteiger partial charge in [0.25, 0.3) is 0 Å². The lowest BCUT2D eigenvalue weighted by Crippen LogP contribution is -2.08. The van der Waals surface area contributed by atoms with Crippen molar-refractivity contribution in [3.63, 3.8) is 0 Å². The van der Waals surface area contributed by atoms with E-state index in [1.807, 2.05) is 43.5 Å². The van der Waals surface area contributed by atoms with E-state index in [1.54, 1.807) is 6.20 Å². The molecule has 2 rings (SSSR count). The molecule has 1 aromatic heterocycles. The highest BCUT2D eigenvalue weighted by Crippen LogP contribution is 2.17. The summed E-state index contributed by atoms with van der Waals surface area (Å²) in [5.41, 5.74) is 8.04. The maximum atomic E-state index is 5.83. The van der Waals surface area contributed by atoms with Crippen LogP contribution in [0.15, 0.2) is 30.5 Å². The zero-order chi connectivity index (χ0) is 13.1. The molecular formula is C14H19N3O. The van der Waals surface area contributed by atoms with E-state index in [0.717, 1.165) is 17.0 Å². The summed E-state index contributed by atoms with van der Waals surface area (Å²) < 4.78 is 7.66. The van der Waals surface area contributed by atoms with Crippen LogP contribution in [-0.2, 0) is 6.54 Å². The Morgan fingerprint density at radius 3 is 2.78 bits per heavy atom. The van der Waals surface area contributed by atoms with Gasteiger partial charge < -0.3 is 15.0 Å². The maximum Gasteiger partial charge on any atom is 0.200 e. The molecule has 2 N–H and O–H groups in total. The largest absolute Gasteiger partial charge is 0.491 e. The Hall–Kier alpha value is -1.97. The highest BCUT2D eigenvalue weighted by atomic mass is 16.5. The van der Waals surface area contributed by atoms with Crippen LogP contribution in [0, 0.1) is 6.92 Å². The average molecular weight is 245 g/mol. The summed E-state index contributed by atoms with van der Waals surface area (Å²) >= 11 is 0. The molecule has 0 spiro atoms. The van der Waals surface area contributed by atoms with Gasteiger partial charge in [-0.3, -0.25) is 0 Å². The minimum Gasteiger partial charge on any atom is -0.491 e. The van der Waals surface area contributed by atoms with Crippen LogP contribution in [0.4, 0.5) is 5.95 Å². The number of hydrogen-bond acceptors (Lipinski definition) is 3. The van der Waals surface area contributed by atoms with Crippen LogP contribution in [0.5, 0.6) is 5.75 Å². The van der Waals surface area contributed by atoms with Crippen LogP contribution in [0.1, 0.15) is 25.1 Å². The Kier molecular flexibility index (Phi) is 3.55. The van der Waals surface area contributed by atoms with E-state index in [4.69, 9.17) is 10.5 Å². The first-order valence-corrected chi connectivity index (χ1v) is 6.09. The third kappa shape index (κ3) is 2.83. The van der Waals surface area contributed by atoms with Gasteiger partial charge in [-0.1, -0.05) is 12.1 Å².